The van der Waals surface area contributed by atoms with Gasteiger partial charge in [0.05, 0.1) is 6.26 Å². The number of nitrogens with zero attached hydrogens (tertiary/aromatic N) is 1. The molecule has 2 rings (SSSR count). The summed E-state index contributed by atoms with van der Waals surface area (Å²) in [6.07, 6.45) is 5.75. The van der Waals surface area contributed by atoms with Crippen molar-refractivity contribution in [3.05, 3.63) is 54.2 Å². The molecule has 0 radical (unpaired) electrons. The third-order valence-electron chi connectivity index (χ3n) is 2.39. The molecule has 2 aromatic heterocycles. The van der Waals surface area contributed by atoms with E-state index in [-0.39, 0.29) is 16.8 Å². The van der Waals surface area contributed by atoms with Crippen LogP contribution in [0.15, 0.2) is 47.3 Å². The first-order valence-corrected chi connectivity index (χ1v) is 6.18. The van der Waals surface area contributed by atoms with Crippen molar-refractivity contribution >= 4 is 23.2 Å². The van der Waals surface area contributed by atoms with Crippen LogP contribution in [0, 0.1) is 0 Å². The predicted molar refractivity (Wildman–Crippen MR) is 74.7 cm³/mol. The molecular formula is C13H13N3O2S. The van der Waals surface area contributed by atoms with Crippen molar-refractivity contribution in [1.29, 1.82) is 0 Å². The number of hydrogen-bond donors (Lipinski definition) is 2. The summed E-state index contributed by atoms with van der Waals surface area (Å²) in [5.41, 5.74) is 1.11. The molecule has 2 heterocycles. The molecule has 6 heteroatoms. The Morgan fingerprint density at radius 2 is 2.26 bits per heavy atom. The Hall–Kier alpha value is -2.21. The van der Waals surface area contributed by atoms with Gasteiger partial charge in [-0.25, -0.2) is 0 Å². The second kappa shape index (κ2) is 6.65. The molecule has 0 bridgehead atoms. The Morgan fingerprint density at radius 3 is 2.95 bits per heavy atom. The first-order chi connectivity index (χ1) is 9.25. The summed E-state index contributed by atoms with van der Waals surface area (Å²) in [6.45, 7) is 0.628. The fourth-order valence-electron chi connectivity index (χ4n) is 1.48. The zero-order valence-electron chi connectivity index (χ0n) is 10.1. The Bertz CT molecular complexity index is 540. The van der Waals surface area contributed by atoms with E-state index in [1.165, 1.54) is 6.26 Å². The van der Waals surface area contributed by atoms with E-state index in [9.17, 15) is 4.79 Å². The second-order valence-electron chi connectivity index (χ2n) is 3.80. The smallest absolute Gasteiger partial charge is 0.293 e. The number of carbonyl (C=O) groups excluding carboxylic acids is 1. The van der Waals surface area contributed by atoms with Crippen LogP contribution in [-0.4, -0.2) is 22.5 Å². The standard InChI is InChI=1S/C13H13N3O2S/c17-12(11-4-2-8-18-11)16-13(19)15-7-5-10-3-1-6-14-9-10/h1-4,6,8-9H,5,7H2,(H2,15,16,17,19). The summed E-state index contributed by atoms with van der Waals surface area (Å²) < 4.78 is 4.96. The second-order valence-corrected chi connectivity index (χ2v) is 4.21. The lowest BCUT2D eigenvalue weighted by Gasteiger charge is -2.08. The van der Waals surface area contributed by atoms with E-state index in [4.69, 9.17) is 16.6 Å². The van der Waals surface area contributed by atoms with Crippen LogP contribution in [0.3, 0.4) is 0 Å². The number of furan rings is 1. The number of pyridine rings is 1. The number of thiocarbonyl (C=S) groups is 1. The van der Waals surface area contributed by atoms with Gasteiger partial charge in [0.25, 0.3) is 5.91 Å². The van der Waals surface area contributed by atoms with E-state index < -0.39 is 0 Å². The maximum atomic E-state index is 11.6. The Morgan fingerprint density at radius 1 is 1.37 bits per heavy atom. The van der Waals surface area contributed by atoms with E-state index in [2.05, 4.69) is 15.6 Å². The van der Waals surface area contributed by atoms with Gasteiger partial charge >= 0.3 is 0 Å². The van der Waals surface area contributed by atoms with E-state index in [0.29, 0.717) is 6.54 Å². The maximum absolute atomic E-state index is 11.6. The van der Waals surface area contributed by atoms with E-state index in [0.717, 1.165) is 12.0 Å². The molecule has 0 aromatic carbocycles. The predicted octanol–water partition coefficient (Wildman–Crippen LogP) is 1.52. The number of nitrogens with one attached hydrogen (secondary N) is 2. The lowest BCUT2D eigenvalue weighted by molar-refractivity contribution is 0.0949. The van der Waals surface area contributed by atoms with Gasteiger partial charge in [0.2, 0.25) is 0 Å². The average Bonchev–Trinajstić information content (AvgIpc) is 2.94. The zero-order chi connectivity index (χ0) is 13.5. The van der Waals surface area contributed by atoms with Crippen LogP contribution >= 0.6 is 12.2 Å². The highest BCUT2D eigenvalue weighted by Crippen LogP contribution is 1.99. The first kappa shape index (κ1) is 13.2. The van der Waals surface area contributed by atoms with Gasteiger partial charge < -0.3 is 9.73 Å². The van der Waals surface area contributed by atoms with Crippen LogP contribution in [-0.2, 0) is 6.42 Å². The monoisotopic (exact) mass is 275 g/mol. The third kappa shape index (κ3) is 4.18. The number of aromatic nitrogens is 1. The summed E-state index contributed by atoms with van der Waals surface area (Å²) in [6, 6.07) is 7.09. The summed E-state index contributed by atoms with van der Waals surface area (Å²) in [5, 5.41) is 5.78. The topological polar surface area (TPSA) is 67.2 Å². The van der Waals surface area contributed by atoms with Gasteiger partial charge in [0.1, 0.15) is 0 Å². The minimum absolute atomic E-state index is 0.233. The molecule has 0 saturated carbocycles. The van der Waals surface area contributed by atoms with Gasteiger partial charge in [-0.05, 0) is 42.4 Å². The molecule has 5 nitrogen and oxygen atoms in total. The number of hydrogen-bond acceptors (Lipinski definition) is 4. The molecule has 0 aliphatic heterocycles. The summed E-state index contributed by atoms with van der Waals surface area (Å²) in [7, 11) is 0. The molecule has 0 aliphatic carbocycles. The Labute approximate surface area is 116 Å². The molecule has 98 valence electrons. The van der Waals surface area contributed by atoms with Gasteiger partial charge in [-0.2, -0.15) is 0 Å². The lowest BCUT2D eigenvalue weighted by atomic mass is 10.2. The fourth-order valence-corrected chi connectivity index (χ4v) is 1.68. The fraction of sp³-hybridized carbons (Fsp3) is 0.154. The first-order valence-electron chi connectivity index (χ1n) is 5.77. The molecule has 2 N–H and O–H groups in total. The molecule has 0 aliphatic rings. The lowest BCUT2D eigenvalue weighted by Crippen LogP contribution is -2.39. The quantitative estimate of drug-likeness (QED) is 0.828. The van der Waals surface area contributed by atoms with Crippen molar-refractivity contribution in [3.63, 3.8) is 0 Å². The van der Waals surface area contributed by atoms with Crippen LogP contribution in [0.4, 0.5) is 0 Å². The highest BCUT2D eigenvalue weighted by Gasteiger charge is 2.09. The normalized spacial score (nSPS) is 9.89. The minimum Gasteiger partial charge on any atom is -0.459 e. The van der Waals surface area contributed by atoms with Crippen molar-refractivity contribution in [2.45, 2.75) is 6.42 Å². The van der Waals surface area contributed by atoms with Crippen LogP contribution in [0.5, 0.6) is 0 Å². The van der Waals surface area contributed by atoms with Gasteiger partial charge in [0, 0.05) is 18.9 Å². The third-order valence-corrected chi connectivity index (χ3v) is 2.64. The summed E-state index contributed by atoms with van der Waals surface area (Å²) in [4.78, 5) is 15.6. The van der Waals surface area contributed by atoms with Crippen molar-refractivity contribution in [2.75, 3.05) is 6.54 Å². The molecule has 2 aromatic rings. The highest BCUT2D eigenvalue weighted by molar-refractivity contribution is 7.80. The van der Waals surface area contributed by atoms with Gasteiger partial charge in [0.15, 0.2) is 10.9 Å². The van der Waals surface area contributed by atoms with Crippen molar-refractivity contribution in [1.82, 2.24) is 15.6 Å². The highest BCUT2D eigenvalue weighted by atomic mass is 32.1. The Kier molecular flexibility index (Phi) is 4.63. The SMILES string of the molecule is O=C(NC(=S)NCCc1cccnc1)c1ccco1. The molecule has 19 heavy (non-hydrogen) atoms. The molecule has 0 atom stereocenters. The molecule has 0 saturated heterocycles. The van der Waals surface area contributed by atoms with Crippen LogP contribution in [0.25, 0.3) is 0 Å². The minimum atomic E-state index is -0.358. The largest absolute Gasteiger partial charge is 0.459 e. The summed E-state index contributed by atoms with van der Waals surface area (Å²) in [5.74, 6) is -0.125. The van der Waals surface area contributed by atoms with Crippen molar-refractivity contribution < 1.29 is 9.21 Å². The van der Waals surface area contributed by atoms with E-state index >= 15 is 0 Å². The van der Waals surface area contributed by atoms with E-state index in [1.807, 2.05) is 12.1 Å². The molecular weight excluding hydrogens is 262 g/mol. The van der Waals surface area contributed by atoms with Gasteiger partial charge in [-0.15, -0.1) is 0 Å². The van der Waals surface area contributed by atoms with Crippen LogP contribution in [0.1, 0.15) is 16.1 Å². The van der Waals surface area contributed by atoms with Crippen LogP contribution < -0.4 is 10.6 Å². The van der Waals surface area contributed by atoms with Crippen molar-refractivity contribution in [3.8, 4) is 0 Å². The van der Waals surface area contributed by atoms with Gasteiger partial charge in [-0.3, -0.25) is 15.1 Å². The Balaban J connectivity index is 1.72. The zero-order valence-corrected chi connectivity index (χ0v) is 10.9. The molecule has 0 unspecified atom stereocenters. The number of amides is 1. The molecule has 0 fully saturated rings. The van der Waals surface area contributed by atoms with E-state index in [1.54, 1.807) is 24.5 Å². The number of rotatable bonds is 4. The van der Waals surface area contributed by atoms with Crippen LogP contribution in [0.2, 0.25) is 0 Å². The molecule has 0 spiro atoms. The average molecular weight is 275 g/mol. The van der Waals surface area contributed by atoms with Crippen molar-refractivity contribution in [2.24, 2.45) is 0 Å². The molecule has 1 amide bonds. The van der Waals surface area contributed by atoms with Gasteiger partial charge in [-0.1, -0.05) is 6.07 Å². The maximum Gasteiger partial charge on any atom is 0.293 e. The summed E-state index contributed by atoms with van der Waals surface area (Å²) >= 11 is 5.02. The number of carbonyl (C=O) groups is 1.